The lowest BCUT2D eigenvalue weighted by Crippen LogP contribution is -2.42. The molecule has 1 aliphatic carbocycles. The summed E-state index contributed by atoms with van der Waals surface area (Å²) >= 11 is 0. The maximum Gasteiger partial charge on any atom is 0.224 e. The van der Waals surface area contributed by atoms with Crippen molar-refractivity contribution in [1.82, 2.24) is 20.9 Å². The van der Waals surface area contributed by atoms with Gasteiger partial charge in [0.25, 0.3) is 0 Å². The molecule has 7 nitrogen and oxygen atoms in total. The molecule has 28 heavy (non-hydrogen) atoms. The van der Waals surface area contributed by atoms with Crippen LogP contribution in [0.25, 0.3) is 0 Å². The van der Waals surface area contributed by atoms with Crippen molar-refractivity contribution in [3.63, 3.8) is 0 Å². The number of nitrogens with one attached hydrogen (secondary N) is 3. The van der Waals surface area contributed by atoms with Gasteiger partial charge in [0, 0.05) is 45.6 Å². The van der Waals surface area contributed by atoms with Crippen LogP contribution < -0.4 is 16.0 Å². The molecule has 1 rings (SSSR count). The van der Waals surface area contributed by atoms with Gasteiger partial charge in [-0.05, 0) is 39.5 Å². The molecule has 0 spiro atoms. The van der Waals surface area contributed by atoms with Crippen molar-refractivity contribution >= 4 is 41.8 Å². The van der Waals surface area contributed by atoms with Gasteiger partial charge >= 0.3 is 0 Å². The van der Waals surface area contributed by atoms with Gasteiger partial charge in [-0.25, -0.2) is 0 Å². The Balaban J connectivity index is 0.00000729. The lowest BCUT2D eigenvalue weighted by Gasteiger charge is -2.21. The van der Waals surface area contributed by atoms with E-state index in [0.717, 1.165) is 19.6 Å². The Morgan fingerprint density at radius 1 is 0.964 bits per heavy atom. The van der Waals surface area contributed by atoms with Gasteiger partial charge in [0.2, 0.25) is 11.8 Å². The average molecular weight is 509 g/mol. The summed E-state index contributed by atoms with van der Waals surface area (Å²) in [5, 5.41) is 9.37. The normalized spacial score (nSPS) is 14.8. The van der Waals surface area contributed by atoms with Crippen LogP contribution in [0.15, 0.2) is 4.99 Å². The first kappa shape index (κ1) is 26.9. The number of aliphatic imine (C=N–C) groups is 1. The third-order valence-electron chi connectivity index (χ3n) is 4.99. The second-order valence-electron chi connectivity index (χ2n) is 7.06. The lowest BCUT2D eigenvalue weighted by atomic mass is 9.87. The Bertz CT molecular complexity index is 464. The Kier molecular flexibility index (Phi) is 16.2. The molecular formula is C20H40IN5O2. The summed E-state index contributed by atoms with van der Waals surface area (Å²) in [4.78, 5) is 30.3. The summed E-state index contributed by atoms with van der Waals surface area (Å²) in [5.41, 5.74) is 0. The maximum absolute atomic E-state index is 12.0. The molecule has 164 valence electrons. The van der Waals surface area contributed by atoms with Crippen molar-refractivity contribution in [2.75, 3.05) is 39.3 Å². The highest BCUT2D eigenvalue weighted by Crippen LogP contribution is 2.25. The van der Waals surface area contributed by atoms with Gasteiger partial charge in [-0.15, -0.1) is 24.0 Å². The molecule has 1 aliphatic rings. The first-order valence-corrected chi connectivity index (χ1v) is 10.7. The molecule has 0 aromatic rings. The molecule has 0 unspecified atom stereocenters. The Morgan fingerprint density at radius 2 is 1.61 bits per heavy atom. The fourth-order valence-corrected chi connectivity index (χ4v) is 3.45. The summed E-state index contributed by atoms with van der Waals surface area (Å²) in [6.45, 7) is 9.85. The fourth-order valence-electron chi connectivity index (χ4n) is 3.45. The van der Waals surface area contributed by atoms with Crippen molar-refractivity contribution in [2.45, 2.75) is 65.7 Å². The molecular weight excluding hydrogens is 469 g/mol. The Morgan fingerprint density at radius 3 is 2.21 bits per heavy atom. The van der Waals surface area contributed by atoms with E-state index >= 15 is 0 Å². The van der Waals surface area contributed by atoms with E-state index in [0.29, 0.717) is 44.4 Å². The van der Waals surface area contributed by atoms with Crippen LogP contribution in [-0.4, -0.2) is 61.9 Å². The third kappa shape index (κ3) is 11.7. The van der Waals surface area contributed by atoms with Gasteiger partial charge in [0.1, 0.15) is 0 Å². The second-order valence-corrected chi connectivity index (χ2v) is 7.06. The highest BCUT2D eigenvalue weighted by Gasteiger charge is 2.16. The highest BCUT2D eigenvalue weighted by atomic mass is 127. The van der Waals surface area contributed by atoms with Gasteiger partial charge in [0.05, 0.1) is 6.54 Å². The first-order chi connectivity index (χ1) is 13.1. The molecule has 1 saturated carbocycles. The van der Waals surface area contributed by atoms with Crippen molar-refractivity contribution in [3.05, 3.63) is 0 Å². The van der Waals surface area contributed by atoms with Crippen LogP contribution in [0.4, 0.5) is 0 Å². The number of hydrogen-bond donors (Lipinski definition) is 3. The highest BCUT2D eigenvalue weighted by molar-refractivity contribution is 14.0. The number of carbonyl (C=O) groups is 2. The minimum absolute atomic E-state index is 0. The number of nitrogens with zero attached hydrogens (tertiary/aromatic N) is 2. The molecule has 2 amide bonds. The Hall–Kier alpha value is -1.06. The standard InChI is InChI=1S/C20H39N5O2.HI/c1-4-21-20(23-13-12-19(27)25(5-2)6-3)24-15-14-22-18(26)16-17-10-8-7-9-11-17;/h17H,4-16H2,1-3H3,(H,22,26)(H2,21,23,24);1H. The zero-order chi connectivity index (χ0) is 19.9. The topological polar surface area (TPSA) is 85.8 Å². The van der Waals surface area contributed by atoms with Crippen molar-refractivity contribution < 1.29 is 9.59 Å². The van der Waals surface area contributed by atoms with E-state index in [-0.39, 0.29) is 35.8 Å². The van der Waals surface area contributed by atoms with Crippen LogP contribution in [-0.2, 0) is 9.59 Å². The molecule has 0 atom stereocenters. The fraction of sp³-hybridized carbons (Fsp3) is 0.850. The largest absolute Gasteiger partial charge is 0.357 e. The minimum atomic E-state index is 0. The summed E-state index contributed by atoms with van der Waals surface area (Å²) < 4.78 is 0. The first-order valence-electron chi connectivity index (χ1n) is 10.7. The molecule has 0 heterocycles. The SMILES string of the molecule is CCNC(=NCCC(=O)N(CC)CC)NCCNC(=O)CC1CCCCC1.I. The summed E-state index contributed by atoms with van der Waals surface area (Å²) in [7, 11) is 0. The predicted octanol–water partition coefficient (Wildman–Crippen LogP) is 2.50. The predicted molar refractivity (Wildman–Crippen MR) is 126 cm³/mol. The van der Waals surface area contributed by atoms with Gasteiger partial charge in [-0.2, -0.15) is 0 Å². The van der Waals surface area contributed by atoms with E-state index in [1.807, 2.05) is 25.7 Å². The third-order valence-corrected chi connectivity index (χ3v) is 4.99. The maximum atomic E-state index is 12.0. The van der Waals surface area contributed by atoms with E-state index < -0.39 is 0 Å². The summed E-state index contributed by atoms with van der Waals surface area (Å²) in [6, 6.07) is 0. The summed E-state index contributed by atoms with van der Waals surface area (Å²) in [6.07, 6.45) is 7.29. The number of amides is 2. The van der Waals surface area contributed by atoms with E-state index in [1.54, 1.807) is 0 Å². The van der Waals surface area contributed by atoms with Crippen LogP contribution in [0.3, 0.4) is 0 Å². The summed E-state index contributed by atoms with van der Waals surface area (Å²) in [5.74, 6) is 1.53. The van der Waals surface area contributed by atoms with Gasteiger partial charge in [0.15, 0.2) is 5.96 Å². The monoisotopic (exact) mass is 509 g/mol. The zero-order valence-corrected chi connectivity index (χ0v) is 20.2. The van der Waals surface area contributed by atoms with Crippen molar-refractivity contribution in [2.24, 2.45) is 10.9 Å². The molecule has 3 N–H and O–H groups in total. The molecule has 8 heteroatoms. The molecule has 0 aromatic carbocycles. The zero-order valence-electron chi connectivity index (χ0n) is 17.9. The van der Waals surface area contributed by atoms with E-state index in [2.05, 4.69) is 20.9 Å². The van der Waals surface area contributed by atoms with Gasteiger partial charge < -0.3 is 20.9 Å². The molecule has 0 saturated heterocycles. The van der Waals surface area contributed by atoms with E-state index in [4.69, 9.17) is 0 Å². The van der Waals surface area contributed by atoms with Crippen LogP contribution in [0.1, 0.15) is 65.7 Å². The minimum Gasteiger partial charge on any atom is -0.357 e. The van der Waals surface area contributed by atoms with Crippen LogP contribution in [0.2, 0.25) is 0 Å². The molecule has 0 aromatic heterocycles. The number of rotatable bonds is 11. The van der Waals surface area contributed by atoms with Crippen molar-refractivity contribution in [1.29, 1.82) is 0 Å². The molecule has 0 bridgehead atoms. The van der Waals surface area contributed by atoms with Gasteiger partial charge in [-0.3, -0.25) is 14.6 Å². The number of guanidine groups is 1. The molecule has 0 aliphatic heterocycles. The van der Waals surface area contributed by atoms with E-state index in [9.17, 15) is 9.59 Å². The Labute approximate surface area is 187 Å². The smallest absolute Gasteiger partial charge is 0.224 e. The van der Waals surface area contributed by atoms with E-state index in [1.165, 1.54) is 32.1 Å². The quantitative estimate of drug-likeness (QED) is 0.173. The van der Waals surface area contributed by atoms with Crippen molar-refractivity contribution in [3.8, 4) is 0 Å². The average Bonchev–Trinajstić information content (AvgIpc) is 2.67. The molecule has 0 radical (unpaired) electrons. The van der Waals surface area contributed by atoms with Gasteiger partial charge in [-0.1, -0.05) is 19.3 Å². The molecule has 1 fully saturated rings. The second kappa shape index (κ2) is 16.9. The van der Waals surface area contributed by atoms with Crippen LogP contribution in [0, 0.1) is 5.92 Å². The number of hydrogen-bond acceptors (Lipinski definition) is 3. The van der Waals surface area contributed by atoms with Crippen LogP contribution >= 0.6 is 24.0 Å². The lowest BCUT2D eigenvalue weighted by molar-refractivity contribution is -0.130. The van der Waals surface area contributed by atoms with Crippen LogP contribution in [0.5, 0.6) is 0 Å². The number of halogens is 1. The number of carbonyl (C=O) groups excluding carboxylic acids is 2.